The minimum atomic E-state index is -0.967. The van der Waals surface area contributed by atoms with Gasteiger partial charge in [0.15, 0.2) is 11.6 Å². The maximum Gasteiger partial charge on any atom is 0.254 e. The highest BCUT2D eigenvalue weighted by atomic mass is 19.2. The molecule has 1 fully saturated rings. The SMILES string of the molecule is O=C(NCC1CCCO1)c1cnc(Nc2ccc(F)c(F)c2)nc1. The summed E-state index contributed by atoms with van der Waals surface area (Å²) in [5.41, 5.74) is 0.619. The average molecular weight is 334 g/mol. The van der Waals surface area contributed by atoms with E-state index in [9.17, 15) is 13.6 Å². The Morgan fingerprint density at radius 2 is 2.04 bits per heavy atom. The standard InChI is InChI=1S/C16H16F2N4O2/c17-13-4-3-11(6-14(13)18)22-16-20-7-10(8-21-16)15(23)19-9-12-2-1-5-24-12/h3-4,6-8,12H,1-2,5,9H2,(H,19,23)(H,20,21,22). The van der Waals surface area contributed by atoms with Crippen molar-refractivity contribution in [3.8, 4) is 0 Å². The zero-order valence-corrected chi connectivity index (χ0v) is 12.8. The van der Waals surface area contributed by atoms with Crippen molar-refractivity contribution >= 4 is 17.5 Å². The first-order valence-electron chi connectivity index (χ1n) is 7.56. The third kappa shape index (κ3) is 4.02. The van der Waals surface area contributed by atoms with E-state index in [4.69, 9.17) is 4.74 Å². The summed E-state index contributed by atoms with van der Waals surface area (Å²) in [6.45, 7) is 1.18. The number of ether oxygens (including phenoxy) is 1. The van der Waals surface area contributed by atoms with Gasteiger partial charge in [0.05, 0.1) is 11.7 Å². The van der Waals surface area contributed by atoms with Gasteiger partial charge in [0.2, 0.25) is 5.95 Å². The number of carbonyl (C=O) groups excluding carboxylic acids is 1. The Morgan fingerprint density at radius 3 is 2.71 bits per heavy atom. The van der Waals surface area contributed by atoms with E-state index in [1.165, 1.54) is 18.5 Å². The number of aromatic nitrogens is 2. The lowest BCUT2D eigenvalue weighted by atomic mass is 10.2. The van der Waals surface area contributed by atoms with Crippen molar-refractivity contribution in [1.82, 2.24) is 15.3 Å². The second-order valence-electron chi connectivity index (χ2n) is 5.39. The fraction of sp³-hybridized carbons (Fsp3) is 0.312. The van der Waals surface area contributed by atoms with Crippen LogP contribution in [0.1, 0.15) is 23.2 Å². The minimum Gasteiger partial charge on any atom is -0.376 e. The molecule has 1 unspecified atom stereocenters. The van der Waals surface area contributed by atoms with Crippen LogP contribution in [0.5, 0.6) is 0 Å². The lowest BCUT2D eigenvalue weighted by Crippen LogP contribution is -2.31. The fourth-order valence-corrected chi connectivity index (χ4v) is 2.33. The van der Waals surface area contributed by atoms with E-state index in [0.717, 1.165) is 31.6 Å². The molecule has 1 atom stereocenters. The molecular formula is C16H16F2N4O2. The summed E-state index contributed by atoms with van der Waals surface area (Å²) in [6, 6.07) is 3.37. The topological polar surface area (TPSA) is 76.1 Å². The maximum atomic E-state index is 13.1. The van der Waals surface area contributed by atoms with Crippen molar-refractivity contribution in [2.75, 3.05) is 18.5 Å². The van der Waals surface area contributed by atoms with Crippen LogP contribution in [0, 0.1) is 11.6 Å². The Bertz CT molecular complexity index is 719. The molecule has 1 saturated heterocycles. The first kappa shape index (κ1) is 16.3. The van der Waals surface area contributed by atoms with Crippen LogP contribution in [-0.4, -0.2) is 35.1 Å². The zero-order chi connectivity index (χ0) is 16.9. The van der Waals surface area contributed by atoms with E-state index in [1.54, 1.807) is 0 Å². The lowest BCUT2D eigenvalue weighted by molar-refractivity contribution is 0.0857. The van der Waals surface area contributed by atoms with Gasteiger partial charge < -0.3 is 15.4 Å². The van der Waals surface area contributed by atoms with Gasteiger partial charge in [-0.15, -0.1) is 0 Å². The predicted octanol–water partition coefficient (Wildman–Crippen LogP) is 2.41. The number of hydrogen-bond donors (Lipinski definition) is 2. The number of nitrogens with zero attached hydrogens (tertiary/aromatic N) is 2. The van der Waals surface area contributed by atoms with Crippen molar-refractivity contribution in [1.29, 1.82) is 0 Å². The molecule has 126 valence electrons. The Morgan fingerprint density at radius 1 is 1.25 bits per heavy atom. The summed E-state index contributed by atoms with van der Waals surface area (Å²) in [4.78, 5) is 20.0. The van der Waals surface area contributed by atoms with Gasteiger partial charge in [-0.05, 0) is 25.0 Å². The summed E-state index contributed by atoms with van der Waals surface area (Å²) in [5, 5.41) is 5.50. The summed E-state index contributed by atoms with van der Waals surface area (Å²) in [7, 11) is 0. The molecule has 24 heavy (non-hydrogen) atoms. The van der Waals surface area contributed by atoms with Crippen LogP contribution in [0.25, 0.3) is 0 Å². The van der Waals surface area contributed by atoms with Gasteiger partial charge in [-0.3, -0.25) is 4.79 Å². The van der Waals surface area contributed by atoms with Gasteiger partial charge in [-0.2, -0.15) is 0 Å². The fourth-order valence-electron chi connectivity index (χ4n) is 2.33. The molecule has 2 heterocycles. The van der Waals surface area contributed by atoms with Gasteiger partial charge >= 0.3 is 0 Å². The number of rotatable bonds is 5. The summed E-state index contributed by atoms with van der Waals surface area (Å²) in [6.07, 6.45) is 4.73. The summed E-state index contributed by atoms with van der Waals surface area (Å²) < 4.78 is 31.5. The molecule has 0 saturated carbocycles. The molecule has 1 aromatic heterocycles. The van der Waals surface area contributed by atoms with Gasteiger partial charge in [-0.1, -0.05) is 0 Å². The zero-order valence-electron chi connectivity index (χ0n) is 12.8. The number of nitrogens with one attached hydrogen (secondary N) is 2. The van der Waals surface area contributed by atoms with Crippen molar-refractivity contribution in [2.24, 2.45) is 0 Å². The molecule has 1 amide bonds. The van der Waals surface area contributed by atoms with E-state index in [2.05, 4.69) is 20.6 Å². The maximum absolute atomic E-state index is 13.1. The minimum absolute atomic E-state index is 0.0594. The number of benzene rings is 1. The van der Waals surface area contributed by atoms with E-state index in [1.807, 2.05) is 0 Å². The van der Waals surface area contributed by atoms with Crippen molar-refractivity contribution in [2.45, 2.75) is 18.9 Å². The van der Waals surface area contributed by atoms with Crippen molar-refractivity contribution in [3.05, 3.63) is 47.8 Å². The molecule has 8 heteroatoms. The predicted molar refractivity (Wildman–Crippen MR) is 83.0 cm³/mol. The van der Waals surface area contributed by atoms with Crippen LogP contribution in [0.2, 0.25) is 0 Å². The molecule has 2 N–H and O–H groups in total. The highest BCUT2D eigenvalue weighted by Crippen LogP contribution is 2.16. The van der Waals surface area contributed by atoms with Crippen molar-refractivity contribution < 1.29 is 18.3 Å². The third-order valence-corrected chi connectivity index (χ3v) is 3.60. The molecule has 0 aliphatic carbocycles. The molecule has 0 spiro atoms. The normalized spacial score (nSPS) is 16.8. The average Bonchev–Trinajstić information content (AvgIpc) is 3.10. The monoisotopic (exact) mass is 334 g/mol. The van der Waals surface area contributed by atoms with Crippen LogP contribution in [0.15, 0.2) is 30.6 Å². The molecule has 6 nitrogen and oxygen atoms in total. The summed E-state index contributed by atoms with van der Waals surface area (Å²) in [5.74, 6) is -2.01. The highest BCUT2D eigenvalue weighted by molar-refractivity contribution is 5.93. The van der Waals surface area contributed by atoms with Gasteiger partial charge in [0.1, 0.15) is 0 Å². The number of anilines is 2. The third-order valence-electron chi connectivity index (χ3n) is 3.60. The van der Waals surface area contributed by atoms with Crippen LogP contribution < -0.4 is 10.6 Å². The Balaban J connectivity index is 1.57. The highest BCUT2D eigenvalue weighted by Gasteiger charge is 2.17. The van der Waals surface area contributed by atoms with Gasteiger partial charge in [0.25, 0.3) is 5.91 Å². The molecule has 0 bridgehead atoms. The Kier molecular flexibility index (Phi) is 4.95. The molecule has 1 aromatic carbocycles. The van der Waals surface area contributed by atoms with E-state index >= 15 is 0 Å². The Labute approximate surface area is 137 Å². The first-order valence-corrected chi connectivity index (χ1v) is 7.56. The number of halogens is 2. The number of amides is 1. The molecule has 1 aliphatic heterocycles. The van der Waals surface area contributed by atoms with Crippen LogP contribution in [0.3, 0.4) is 0 Å². The first-order chi connectivity index (χ1) is 11.6. The lowest BCUT2D eigenvalue weighted by Gasteiger charge is -2.10. The Hall–Kier alpha value is -2.61. The molecule has 1 aliphatic rings. The second-order valence-corrected chi connectivity index (χ2v) is 5.39. The number of hydrogen-bond acceptors (Lipinski definition) is 5. The van der Waals surface area contributed by atoms with Gasteiger partial charge in [0, 0.05) is 37.3 Å². The molecular weight excluding hydrogens is 318 g/mol. The van der Waals surface area contributed by atoms with Crippen LogP contribution in [-0.2, 0) is 4.74 Å². The van der Waals surface area contributed by atoms with Gasteiger partial charge in [-0.25, -0.2) is 18.7 Å². The van der Waals surface area contributed by atoms with E-state index in [-0.39, 0.29) is 18.0 Å². The van der Waals surface area contributed by atoms with Crippen molar-refractivity contribution in [3.63, 3.8) is 0 Å². The smallest absolute Gasteiger partial charge is 0.254 e. The quantitative estimate of drug-likeness (QED) is 0.878. The van der Waals surface area contributed by atoms with Crippen LogP contribution >= 0.6 is 0 Å². The second kappa shape index (κ2) is 7.31. The van der Waals surface area contributed by atoms with E-state index < -0.39 is 11.6 Å². The van der Waals surface area contributed by atoms with Crippen LogP contribution in [0.4, 0.5) is 20.4 Å². The number of carbonyl (C=O) groups is 1. The van der Waals surface area contributed by atoms with E-state index in [0.29, 0.717) is 17.8 Å². The molecule has 2 aromatic rings. The summed E-state index contributed by atoms with van der Waals surface area (Å²) >= 11 is 0. The largest absolute Gasteiger partial charge is 0.376 e. The molecule has 3 rings (SSSR count). The molecule has 0 radical (unpaired) electrons.